The van der Waals surface area contributed by atoms with Crippen molar-refractivity contribution in [1.29, 1.82) is 0 Å². The molecule has 0 spiro atoms. The lowest BCUT2D eigenvalue weighted by Gasteiger charge is -2.06. The number of hydrogen-bond acceptors (Lipinski definition) is 6. The number of benzene rings is 1. The van der Waals surface area contributed by atoms with Gasteiger partial charge in [0.15, 0.2) is 6.61 Å². The summed E-state index contributed by atoms with van der Waals surface area (Å²) in [4.78, 5) is 22.5. The molecular weight excluding hydrogens is 304 g/mol. The molecule has 0 bridgehead atoms. The highest BCUT2D eigenvalue weighted by Gasteiger charge is 2.12. The van der Waals surface area contributed by atoms with Crippen molar-refractivity contribution in [2.45, 2.75) is 0 Å². The first kappa shape index (κ1) is 14.2. The quantitative estimate of drug-likeness (QED) is 0.865. The highest BCUT2D eigenvalue weighted by molar-refractivity contribution is 7.17. The summed E-state index contributed by atoms with van der Waals surface area (Å²) in [5.41, 5.74) is 5.47. The van der Waals surface area contributed by atoms with Crippen LogP contribution in [0.25, 0.3) is 0 Å². The molecule has 2 rings (SSSR count). The lowest BCUT2D eigenvalue weighted by atomic mass is 10.3. The van der Waals surface area contributed by atoms with Gasteiger partial charge in [0.05, 0.1) is 0 Å². The molecule has 0 saturated heterocycles. The van der Waals surface area contributed by atoms with E-state index in [-0.39, 0.29) is 16.1 Å². The van der Waals surface area contributed by atoms with E-state index in [9.17, 15) is 9.59 Å². The highest BCUT2D eigenvalue weighted by atomic mass is 35.5. The van der Waals surface area contributed by atoms with Crippen LogP contribution in [0.5, 0.6) is 5.75 Å². The van der Waals surface area contributed by atoms with Crippen LogP contribution in [0, 0.1) is 0 Å². The lowest BCUT2D eigenvalue weighted by Crippen LogP contribution is -2.20. The fourth-order valence-corrected chi connectivity index (χ4v) is 2.02. The van der Waals surface area contributed by atoms with E-state index < -0.39 is 11.8 Å². The number of nitrogens with zero attached hydrogens (tertiary/aromatic N) is 2. The molecule has 2 aromatic rings. The van der Waals surface area contributed by atoms with Crippen molar-refractivity contribution in [2.75, 3.05) is 11.9 Å². The van der Waals surface area contributed by atoms with Crippen LogP contribution in [0.1, 0.15) is 9.80 Å². The lowest BCUT2D eigenvalue weighted by molar-refractivity contribution is -0.119. The fourth-order valence-electron chi connectivity index (χ4n) is 1.30. The Labute approximate surface area is 122 Å². The third-order valence-electron chi connectivity index (χ3n) is 2.07. The van der Waals surface area contributed by atoms with Gasteiger partial charge in [-0.1, -0.05) is 17.4 Å². The monoisotopic (exact) mass is 312 g/mol. The average molecular weight is 313 g/mol. The Bertz CT molecular complexity index is 646. The number of amides is 2. The second-order valence-electron chi connectivity index (χ2n) is 3.60. The number of carbonyl (C=O) groups excluding carboxylic acids is 2. The van der Waals surface area contributed by atoms with E-state index in [1.807, 2.05) is 0 Å². The van der Waals surface area contributed by atoms with Crippen LogP contribution in [-0.4, -0.2) is 28.6 Å². The molecule has 0 aliphatic heterocycles. The Hall–Kier alpha value is -2.19. The zero-order valence-corrected chi connectivity index (χ0v) is 11.6. The zero-order chi connectivity index (χ0) is 14.5. The number of carbonyl (C=O) groups is 2. The Kier molecular flexibility index (Phi) is 4.49. The molecule has 1 aromatic heterocycles. The van der Waals surface area contributed by atoms with E-state index in [1.165, 1.54) is 0 Å². The topological polar surface area (TPSA) is 107 Å². The van der Waals surface area contributed by atoms with Gasteiger partial charge in [0.2, 0.25) is 9.47 Å². The SMILES string of the molecule is NC(=O)COc1cccc(NC(=O)c2nnc(Cl)s2)c1. The van der Waals surface area contributed by atoms with Crippen molar-refractivity contribution in [3.8, 4) is 5.75 Å². The third kappa shape index (κ3) is 3.90. The van der Waals surface area contributed by atoms with Gasteiger partial charge in [-0.2, -0.15) is 0 Å². The molecule has 3 N–H and O–H groups in total. The Morgan fingerprint density at radius 1 is 1.40 bits per heavy atom. The maximum Gasteiger partial charge on any atom is 0.286 e. The molecule has 9 heteroatoms. The number of aromatic nitrogens is 2. The molecule has 0 aliphatic carbocycles. The summed E-state index contributed by atoms with van der Waals surface area (Å²) in [6.07, 6.45) is 0. The van der Waals surface area contributed by atoms with Crippen LogP contribution < -0.4 is 15.8 Å². The summed E-state index contributed by atoms with van der Waals surface area (Å²) < 4.78 is 5.32. The van der Waals surface area contributed by atoms with Crippen LogP contribution in [0.2, 0.25) is 4.47 Å². The summed E-state index contributed by atoms with van der Waals surface area (Å²) in [6.45, 7) is -0.233. The van der Waals surface area contributed by atoms with Gasteiger partial charge in [0.25, 0.3) is 11.8 Å². The summed E-state index contributed by atoms with van der Waals surface area (Å²) in [7, 11) is 0. The molecule has 0 aliphatic rings. The minimum absolute atomic E-state index is 0.151. The van der Waals surface area contributed by atoms with Gasteiger partial charge in [-0.15, -0.1) is 10.2 Å². The van der Waals surface area contributed by atoms with Crippen molar-refractivity contribution in [2.24, 2.45) is 5.73 Å². The molecule has 20 heavy (non-hydrogen) atoms. The first-order valence-electron chi connectivity index (χ1n) is 5.36. The number of nitrogens with two attached hydrogens (primary N) is 1. The van der Waals surface area contributed by atoms with Crippen molar-refractivity contribution < 1.29 is 14.3 Å². The molecule has 104 valence electrons. The van der Waals surface area contributed by atoms with Gasteiger partial charge < -0.3 is 15.8 Å². The Morgan fingerprint density at radius 2 is 2.20 bits per heavy atom. The number of hydrogen-bond donors (Lipinski definition) is 2. The van der Waals surface area contributed by atoms with Crippen molar-refractivity contribution in [3.63, 3.8) is 0 Å². The van der Waals surface area contributed by atoms with Crippen LogP contribution >= 0.6 is 22.9 Å². The van der Waals surface area contributed by atoms with Gasteiger partial charge in [-0.25, -0.2) is 0 Å². The highest BCUT2D eigenvalue weighted by Crippen LogP contribution is 2.20. The van der Waals surface area contributed by atoms with E-state index in [4.69, 9.17) is 22.1 Å². The Morgan fingerprint density at radius 3 is 2.85 bits per heavy atom. The molecular formula is C11H9ClN4O3S. The smallest absolute Gasteiger partial charge is 0.286 e. The van der Waals surface area contributed by atoms with E-state index in [0.717, 1.165) is 11.3 Å². The normalized spacial score (nSPS) is 10.1. The van der Waals surface area contributed by atoms with Crippen LogP contribution in [0.4, 0.5) is 5.69 Å². The van der Waals surface area contributed by atoms with Gasteiger partial charge in [0.1, 0.15) is 5.75 Å². The van der Waals surface area contributed by atoms with Gasteiger partial charge in [-0.3, -0.25) is 9.59 Å². The maximum atomic E-state index is 11.8. The van der Waals surface area contributed by atoms with Crippen LogP contribution in [0.3, 0.4) is 0 Å². The molecule has 1 heterocycles. The fraction of sp³-hybridized carbons (Fsp3) is 0.0909. The van der Waals surface area contributed by atoms with E-state index in [2.05, 4.69) is 15.5 Å². The van der Waals surface area contributed by atoms with Gasteiger partial charge in [-0.05, 0) is 23.7 Å². The summed E-state index contributed by atoms with van der Waals surface area (Å²) in [5, 5.41) is 9.93. The van der Waals surface area contributed by atoms with E-state index in [0.29, 0.717) is 11.4 Å². The number of rotatable bonds is 5. The molecule has 0 unspecified atom stereocenters. The second-order valence-corrected chi connectivity index (χ2v) is 5.16. The molecule has 1 aromatic carbocycles. The minimum atomic E-state index is -0.581. The van der Waals surface area contributed by atoms with Gasteiger partial charge in [0, 0.05) is 11.8 Å². The molecule has 0 radical (unpaired) electrons. The molecule has 0 atom stereocenters. The summed E-state index contributed by atoms with van der Waals surface area (Å²) in [6, 6.07) is 6.53. The number of ether oxygens (including phenoxy) is 1. The van der Waals surface area contributed by atoms with E-state index in [1.54, 1.807) is 24.3 Å². The third-order valence-corrected chi connectivity index (χ3v) is 3.09. The number of primary amides is 1. The standard InChI is InChI=1S/C11H9ClN4O3S/c12-11-16-15-10(20-11)9(18)14-6-2-1-3-7(4-6)19-5-8(13)17/h1-4H,5H2,(H2,13,17)(H,14,18). The average Bonchev–Trinajstić information content (AvgIpc) is 2.84. The van der Waals surface area contributed by atoms with Crippen molar-refractivity contribution in [1.82, 2.24) is 10.2 Å². The number of anilines is 1. The zero-order valence-electron chi connectivity index (χ0n) is 10.00. The molecule has 0 fully saturated rings. The summed E-state index contributed by atoms with van der Waals surface area (Å²) in [5.74, 6) is -0.596. The van der Waals surface area contributed by atoms with E-state index >= 15 is 0 Å². The van der Waals surface area contributed by atoms with Crippen molar-refractivity contribution >= 4 is 40.4 Å². The van der Waals surface area contributed by atoms with Crippen molar-refractivity contribution in [3.05, 3.63) is 33.7 Å². The first-order chi connectivity index (χ1) is 9.54. The minimum Gasteiger partial charge on any atom is -0.484 e. The second kappa shape index (κ2) is 6.31. The predicted molar refractivity (Wildman–Crippen MR) is 74.0 cm³/mol. The predicted octanol–water partition coefficient (Wildman–Crippen LogP) is 1.31. The first-order valence-corrected chi connectivity index (χ1v) is 6.55. The van der Waals surface area contributed by atoms with Gasteiger partial charge >= 0.3 is 0 Å². The maximum absolute atomic E-state index is 11.8. The number of halogens is 1. The largest absolute Gasteiger partial charge is 0.484 e. The molecule has 0 saturated carbocycles. The molecule has 7 nitrogen and oxygen atoms in total. The number of nitrogens with one attached hydrogen (secondary N) is 1. The summed E-state index contributed by atoms with van der Waals surface area (Å²) >= 11 is 6.58. The molecule has 2 amide bonds. The Balaban J connectivity index is 2.04. The van der Waals surface area contributed by atoms with Crippen LogP contribution in [-0.2, 0) is 4.79 Å². The van der Waals surface area contributed by atoms with Crippen LogP contribution in [0.15, 0.2) is 24.3 Å².